The van der Waals surface area contributed by atoms with Gasteiger partial charge in [0.25, 0.3) is 0 Å². The van der Waals surface area contributed by atoms with E-state index >= 15 is 0 Å². The Bertz CT molecular complexity index is 668. The lowest BCUT2D eigenvalue weighted by atomic mass is 10.1. The number of urea groups is 1. The summed E-state index contributed by atoms with van der Waals surface area (Å²) in [5.41, 5.74) is 2.03. The van der Waals surface area contributed by atoms with Gasteiger partial charge in [-0.15, -0.1) is 0 Å². The summed E-state index contributed by atoms with van der Waals surface area (Å²) in [5, 5.41) is 2.97. The van der Waals surface area contributed by atoms with Crippen molar-refractivity contribution in [3.63, 3.8) is 0 Å². The van der Waals surface area contributed by atoms with Crippen LogP contribution in [0.25, 0.3) is 0 Å². The first-order valence-electron chi connectivity index (χ1n) is 8.47. The van der Waals surface area contributed by atoms with Gasteiger partial charge >= 0.3 is 6.03 Å². The van der Waals surface area contributed by atoms with Crippen LogP contribution in [0, 0.1) is 11.7 Å². The molecule has 2 aromatic carbocycles. The molecule has 2 aromatic rings. The van der Waals surface area contributed by atoms with Crippen molar-refractivity contribution >= 4 is 6.03 Å². The van der Waals surface area contributed by atoms with Crippen molar-refractivity contribution in [3.8, 4) is 0 Å². The molecule has 1 atom stereocenters. The summed E-state index contributed by atoms with van der Waals surface area (Å²) < 4.78 is 13.0. The molecule has 1 aliphatic rings. The zero-order valence-corrected chi connectivity index (χ0v) is 13.9. The largest absolute Gasteiger partial charge is 0.334 e. The van der Waals surface area contributed by atoms with Crippen molar-refractivity contribution in [1.82, 2.24) is 10.2 Å². The highest BCUT2D eigenvalue weighted by molar-refractivity contribution is 5.74. The number of nitrogens with one attached hydrogen (secondary N) is 1. The lowest BCUT2D eigenvalue weighted by Gasteiger charge is -2.30. The summed E-state index contributed by atoms with van der Waals surface area (Å²) in [6, 6.07) is 16.3. The number of hydrogen-bond donors (Lipinski definition) is 1. The van der Waals surface area contributed by atoms with Crippen LogP contribution in [-0.2, 0) is 6.54 Å². The van der Waals surface area contributed by atoms with E-state index in [-0.39, 0.29) is 17.9 Å². The first kappa shape index (κ1) is 16.5. The number of rotatable bonds is 6. The van der Waals surface area contributed by atoms with Crippen LogP contribution in [0.1, 0.15) is 36.9 Å². The zero-order chi connectivity index (χ0) is 16.9. The van der Waals surface area contributed by atoms with Crippen LogP contribution < -0.4 is 5.32 Å². The van der Waals surface area contributed by atoms with Crippen molar-refractivity contribution in [2.24, 2.45) is 5.92 Å². The molecule has 1 fully saturated rings. The summed E-state index contributed by atoms with van der Waals surface area (Å²) in [6.45, 7) is 3.25. The molecule has 0 heterocycles. The minimum atomic E-state index is -0.266. The quantitative estimate of drug-likeness (QED) is 0.832. The van der Waals surface area contributed by atoms with Gasteiger partial charge in [-0.25, -0.2) is 9.18 Å². The second-order valence-corrected chi connectivity index (χ2v) is 6.47. The van der Waals surface area contributed by atoms with Gasteiger partial charge in [0, 0.05) is 13.1 Å². The van der Waals surface area contributed by atoms with Gasteiger partial charge < -0.3 is 10.2 Å². The molecule has 3 rings (SSSR count). The molecule has 0 aromatic heterocycles. The second-order valence-electron chi connectivity index (χ2n) is 6.47. The van der Waals surface area contributed by atoms with Gasteiger partial charge in [-0.1, -0.05) is 42.5 Å². The summed E-state index contributed by atoms with van der Waals surface area (Å²) in [5.74, 6) is 0.353. The molecule has 0 spiro atoms. The van der Waals surface area contributed by atoms with Crippen LogP contribution in [0.2, 0.25) is 0 Å². The van der Waals surface area contributed by atoms with E-state index in [1.54, 1.807) is 12.1 Å². The zero-order valence-electron chi connectivity index (χ0n) is 13.9. The molecule has 0 bridgehead atoms. The van der Waals surface area contributed by atoms with Crippen molar-refractivity contribution in [2.75, 3.05) is 6.54 Å². The average molecular weight is 326 g/mol. The first-order valence-corrected chi connectivity index (χ1v) is 8.47. The van der Waals surface area contributed by atoms with Crippen LogP contribution in [0.15, 0.2) is 54.6 Å². The van der Waals surface area contributed by atoms with Gasteiger partial charge in [0.1, 0.15) is 5.82 Å². The molecule has 1 saturated carbocycles. The van der Waals surface area contributed by atoms with E-state index in [4.69, 9.17) is 0 Å². The third-order valence-electron chi connectivity index (χ3n) is 4.52. The number of halogens is 1. The lowest BCUT2D eigenvalue weighted by Crippen LogP contribution is -2.42. The molecule has 0 aliphatic heterocycles. The van der Waals surface area contributed by atoms with E-state index in [0.29, 0.717) is 12.5 Å². The molecule has 0 radical (unpaired) electrons. The molecule has 1 unspecified atom stereocenters. The van der Waals surface area contributed by atoms with Crippen LogP contribution in [0.5, 0.6) is 0 Å². The first-order chi connectivity index (χ1) is 11.6. The van der Waals surface area contributed by atoms with Gasteiger partial charge in [0.15, 0.2) is 0 Å². The Morgan fingerprint density at radius 3 is 2.46 bits per heavy atom. The Hall–Kier alpha value is -2.36. The van der Waals surface area contributed by atoms with E-state index in [1.807, 2.05) is 23.1 Å². The minimum Gasteiger partial charge on any atom is -0.334 e. The fourth-order valence-electron chi connectivity index (χ4n) is 2.79. The highest BCUT2D eigenvalue weighted by atomic mass is 19.1. The highest BCUT2D eigenvalue weighted by Crippen LogP contribution is 2.32. The van der Waals surface area contributed by atoms with E-state index < -0.39 is 0 Å². The van der Waals surface area contributed by atoms with E-state index in [1.165, 1.54) is 25.0 Å². The number of carbonyl (C=O) groups is 1. The van der Waals surface area contributed by atoms with Gasteiger partial charge in [-0.05, 0) is 48.9 Å². The minimum absolute atomic E-state index is 0.0278. The standard InChI is InChI=1S/C20H23FN2O/c1-15(18-5-3-2-4-6-18)23(14-17-7-8-17)20(24)22-13-16-9-11-19(21)12-10-16/h2-6,9-12,15,17H,7-8,13-14H2,1H3,(H,22,24). The van der Waals surface area contributed by atoms with Crippen molar-refractivity contribution < 1.29 is 9.18 Å². The lowest BCUT2D eigenvalue weighted by molar-refractivity contribution is 0.175. The van der Waals surface area contributed by atoms with Gasteiger partial charge in [0.05, 0.1) is 6.04 Å². The van der Waals surface area contributed by atoms with Crippen molar-refractivity contribution in [1.29, 1.82) is 0 Å². The molecular weight excluding hydrogens is 303 g/mol. The molecule has 4 heteroatoms. The van der Waals surface area contributed by atoms with Crippen molar-refractivity contribution in [2.45, 2.75) is 32.4 Å². The van der Waals surface area contributed by atoms with E-state index in [2.05, 4.69) is 24.4 Å². The maximum Gasteiger partial charge on any atom is 0.318 e. The smallest absolute Gasteiger partial charge is 0.318 e. The average Bonchev–Trinajstić information content (AvgIpc) is 3.43. The summed E-state index contributed by atoms with van der Waals surface area (Å²) in [6.07, 6.45) is 2.40. The Kier molecular flexibility index (Phi) is 5.14. The molecule has 24 heavy (non-hydrogen) atoms. The van der Waals surface area contributed by atoms with Gasteiger partial charge in [0.2, 0.25) is 0 Å². The van der Waals surface area contributed by atoms with Crippen LogP contribution in [0.4, 0.5) is 9.18 Å². The van der Waals surface area contributed by atoms with Gasteiger partial charge in [-0.3, -0.25) is 0 Å². The normalized spacial score (nSPS) is 14.9. The third-order valence-corrected chi connectivity index (χ3v) is 4.52. The molecule has 3 nitrogen and oxygen atoms in total. The Labute approximate surface area is 142 Å². The number of hydrogen-bond acceptors (Lipinski definition) is 1. The molecule has 126 valence electrons. The molecule has 1 N–H and O–H groups in total. The Morgan fingerprint density at radius 2 is 1.83 bits per heavy atom. The number of amides is 2. The fraction of sp³-hybridized carbons (Fsp3) is 0.350. The monoisotopic (exact) mass is 326 g/mol. The third kappa shape index (κ3) is 4.34. The predicted molar refractivity (Wildman–Crippen MR) is 92.9 cm³/mol. The Balaban J connectivity index is 1.65. The molecule has 0 saturated heterocycles. The van der Waals surface area contributed by atoms with Crippen LogP contribution in [0.3, 0.4) is 0 Å². The maximum atomic E-state index is 13.0. The van der Waals surface area contributed by atoms with Gasteiger partial charge in [-0.2, -0.15) is 0 Å². The maximum absolute atomic E-state index is 13.0. The van der Waals surface area contributed by atoms with E-state index in [0.717, 1.165) is 17.7 Å². The van der Waals surface area contributed by atoms with Crippen LogP contribution >= 0.6 is 0 Å². The topological polar surface area (TPSA) is 32.3 Å². The van der Waals surface area contributed by atoms with E-state index in [9.17, 15) is 9.18 Å². The number of nitrogens with zero attached hydrogens (tertiary/aromatic N) is 1. The summed E-state index contributed by atoms with van der Waals surface area (Å²) in [7, 11) is 0. The van der Waals surface area contributed by atoms with Crippen LogP contribution in [-0.4, -0.2) is 17.5 Å². The summed E-state index contributed by atoms with van der Waals surface area (Å²) in [4.78, 5) is 14.6. The highest BCUT2D eigenvalue weighted by Gasteiger charge is 2.30. The fourth-order valence-corrected chi connectivity index (χ4v) is 2.79. The van der Waals surface area contributed by atoms with Crippen molar-refractivity contribution in [3.05, 3.63) is 71.5 Å². The number of carbonyl (C=O) groups excluding carboxylic acids is 1. The number of benzene rings is 2. The second kappa shape index (κ2) is 7.47. The predicted octanol–water partition coefficient (Wildman–Crippen LogP) is 4.51. The Morgan fingerprint density at radius 1 is 1.17 bits per heavy atom. The summed E-state index contributed by atoms with van der Waals surface area (Å²) >= 11 is 0. The molecular formula is C20H23FN2O. The molecule has 1 aliphatic carbocycles. The molecule has 2 amide bonds. The SMILES string of the molecule is CC(c1ccccc1)N(CC1CC1)C(=O)NCc1ccc(F)cc1.